The van der Waals surface area contributed by atoms with Crippen LogP contribution < -0.4 is 5.32 Å². The predicted molar refractivity (Wildman–Crippen MR) is 126 cm³/mol. The summed E-state index contributed by atoms with van der Waals surface area (Å²) in [5.74, 6) is -0.530. The molecule has 0 saturated carbocycles. The SMILES string of the molecule is CCc1ncn(-c2cccc(NC(=O)c3cccc4c3[nH]c3ccc(F)cc34)c2)c1CC. The molecular formula is C26H23FN4O. The van der Waals surface area contributed by atoms with Gasteiger partial charge in [-0.25, -0.2) is 9.37 Å². The first-order chi connectivity index (χ1) is 15.6. The number of hydrogen-bond acceptors (Lipinski definition) is 2. The number of amides is 1. The maximum absolute atomic E-state index is 13.7. The van der Waals surface area contributed by atoms with E-state index in [4.69, 9.17) is 0 Å². The Morgan fingerprint density at radius 2 is 1.88 bits per heavy atom. The van der Waals surface area contributed by atoms with Crippen LogP contribution in [0.3, 0.4) is 0 Å². The highest BCUT2D eigenvalue weighted by Crippen LogP contribution is 2.29. The summed E-state index contributed by atoms with van der Waals surface area (Å²) < 4.78 is 15.8. The lowest BCUT2D eigenvalue weighted by atomic mass is 10.1. The highest BCUT2D eigenvalue weighted by Gasteiger charge is 2.15. The lowest BCUT2D eigenvalue weighted by Gasteiger charge is -2.11. The minimum absolute atomic E-state index is 0.227. The Labute approximate surface area is 184 Å². The first kappa shape index (κ1) is 20.0. The van der Waals surface area contributed by atoms with Gasteiger partial charge in [0.25, 0.3) is 5.91 Å². The Bertz CT molecular complexity index is 1460. The van der Waals surface area contributed by atoms with E-state index < -0.39 is 0 Å². The van der Waals surface area contributed by atoms with Gasteiger partial charge < -0.3 is 14.9 Å². The van der Waals surface area contributed by atoms with E-state index in [2.05, 4.69) is 33.7 Å². The topological polar surface area (TPSA) is 62.7 Å². The molecule has 0 radical (unpaired) electrons. The molecule has 0 aliphatic carbocycles. The number of hydrogen-bond donors (Lipinski definition) is 2. The van der Waals surface area contributed by atoms with E-state index in [1.165, 1.54) is 17.8 Å². The van der Waals surface area contributed by atoms with E-state index in [0.717, 1.165) is 40.5 Å². The van der Waals surface area contributed by atoms with Crippen LogP contribution in [-0.4, -0.2) is 20.4 Å². The summed E-state index contributed by atoms with van der Waals surface area (Å²) in [6.07, 6.45) is 3.59. The van der Waals surface area contributed by atoms with Gasteiger partial charge in [0.15, 0.2) is 0 Å². The lowest BCUT2D eigenvalue weighted by molar-refractivity contribution is 0.102. The first-order valence-electron chi connectivity index (χ1n) is 10.8. The summed E-state index contributed by atoms with van der Waals surface area (Å²) >= 11 is 0. The summed E-state index contributed by atoms with van der Waals surface area (Å²) in [6.45, 7) is 4.21. The van der Waals surface area contributed by atoms with Crippen LogP contribution in [-0.2, 0) is 12.8 Å². The Kier molecular flexibility index (Phi) is 4.98. The monoisotopic (exact) mass is 426 g/mol. The van der Waals surface area contributed by atoms with Crippen molar-refractivity contribution in [2.45, 2.75) is 26.7 Å². The quantitative estimate of drug-likeness (QED) is 0.361. The number of carbonyl (C=O) groups is 1. The summed E-state index contributed by atoms with van der Waals surface area (Å²) in [6, 6.07) is 17.8. The van der Waals surface area contributed by atoms with E-state index in [-0.39, 0.29) is 11.7 Å². The van der Waals surface area contributed by atoms with Gasteiger partial charge in [-0.05, 0) is 55.3 Å². The van der Waals surface area contributed by atoms with Gasteiger partial charge >= 0.3 is 0 Å². The average molecular weight is 426 g/mol. The summed E-state index contributed by atoms with van der Waals surface area (Å²) in [5.41, 5.74) is 5.90. The number of aromatic amines is 1. The molecule has 0 saturated heterocycles. The van der Waals surface area contributed by atoms with Gasteiger partial charge in [-0.3, -0.25) is 4.79 Å². The number of rotatable bonds is 5. The number of H-pyrrole nitrogens is 1. The third-order valence-corrected chi connectivity index (χ3v) is 5.85. The molecule has 1 amide bonds. The molecule has 3 aromatic carbocycles. The zero-order valence-electron chi connectivity index (χ0n) is 17.9. The third-order valence-electron chi connectivity index (χ3n) is 5.85. The smallest absolute Gasteiger partial charge is 0.257 e. The molecule has 0 atom stereocenters. The number of anilines is 1. The van der Waals surface area contributed by atoms with Crippen molar-refractivity contribution in [3.8, 4) is 5.69 Å². The fourth-order valence-corrected chi connectivity index (χ4v) is 4.32. The van der Waals surface area contributed by atoms with E-state index in [1.807, 2.05) is 42.7 Å². The molecule has 0 aliphatic rings. The number of para-hydroxylation sites is 1. The predicted octanol–water partition coefficient (Wildman–Crippen LogP) is 6.02. The van der Waals surface area contributed by atoms with Gasteiger partial charge in [0.1, 0.15) is 5.82 Å². The molecular weight excluding hydrogens is 403 g/mol. The Hall–Kier alpha value is -3.93. The standard InChI is InChI=1S/C26H23FN4O/c1-3-22-24(4-2)31(15-28-22)18-8-5-7-17(14-18)29-26(32)20-10-6-9-19-21-13-16(27)11-12-23(21)30-25(19)20/h5-15,30H,3-4H2,1-2H3,(H,29,32). The molecule has 0 spiro atoms. The van der Waals surface area contributed by atoms with Crippen LogP contribution in [0.15, 0.2) is 67.0 Å². The summed E-state index contributed by atoms with van der Waals surface area (Å²) in [5, 5.41) is 4.59. The molecule has 5 nitrogen and oxygen atoms in total. The maximum atomic E-state index is 13.7. The number of nitrogens with zero attached hydrogens (tertiary/aromatic N) is 2. The van der Waals surface area contributed by atoms with Crippen molar-refractivity contribution in [3.05, 3.63) is 89.8 Å². The summed E-state index contributed by atoms with van der Waals surface area (Å²) in [7, 11) is 0. The van der Waals surface area contributed by atoms with E-state index >= 15 is 0 Å². The fourth-order valence-electron chi connectivity index (χ4n) is 4.32. The number of carbonyl (C=O) groups excluding carboxylic acids is 1. The molecule has 32 heavy (non-hydrogen) atoms. The Morgan fingerprint density at radius 3 is 2.69 bits per heavy atom. The molecule has 0 bridgehead atoms. The van der Waals surface area contributed by atoms with Gasteiger partial charge in [-0.1, -0.05) is 32.0 Å². The summed E-state index contributed by atoms with van der Waals surface area (Å²) in [4.78, 5) is 21.0. The van der Waals surface area contributed by atoms with Gasteiger partial charge in [-0.2, -0.15) is 0 Å². The molecule has 0 unspecified atom stereocenters. The molecule has 2 N–H and O–H groups in total. The molecule has 2 heterocycles. The number of fused-ring (bicyclic) bond motifs is 3. The van der Waals surface area contributed by atoms with Crippen LogP contribution in [0.2, 0.25) is 0 Å². The van der Waals surface area contributed by atoms with Gasteiger partial charge in [0, 0.05) is 33.4 Å². The largest absolute Gasteiger partial charge is 0.354 e. The van der Waals surface area contributed by atoms with Crippen molar-refractivity contribution in [1.29, 1.82) is 0 Å². The fraction of sp³-hybridized carbons (Fsp3) is 0.154. The Balaban J connectivity index is 1.50. The minimum Gasteiger partial charge on any atom is -0.354 e. The second-order valence-electron chi connectivity index (χ2n) is 7.76. The molecule has 160 valence electrons. The van der Waals surface area contributed by atoms with Crippen LogP contribution in [0.25, 0.3) is 27.5 Å². The van der Waals surface area contributed by atoms with Crippen LogP contribution >= 0.6 is 0 Å². The number of aryl methyl sites for hydroxylation is 1. The normalized spacial score (nSPS) is 11.3. The second-order valence-corrected chi connectivity index (χ2v) is 7.76. The maximum Gasteiger partial charge on any atom is 0.257 e. The average Bonchev–Trinajstić information content (AvgIpc) is 3.39. The van der Waals surface area contributed by atoms with Crippen LogP contribution in [0.5, 0.6) is 0 Å². The van der Waals surface area contributed by atoms with E-state index in [9.17, 15) is 9.18 Å². The van der Waals surface area contributed by atoms with Crippen LogP contribution in [0.1, 0.15) is 35.6 Å². The van der Waals surface area contributed by atoms with Crippen molar-refractivity contribution in [1.82, 2.24) is 14.5 Å². The van der Waals surface area contributed by atoms with Crippen LogP contribution in [0, 0.1) is 5.82 Å². The van der Waals surface area contributed by atoms with Gasteiger partial charge in [0.2, 0.25) is 0 Å². The highest BCUT2D eigenvalue weighted by atomic mass is 19.1. The van der Waals surface area contributed by atoms with Crippen molar-refractivity contribution >= 4 is 33.4 Å². The first-order valence-corrected chi connectivity index (χ1v) is 10.8. The van der Waals surface area contributed by atoms with E-state index in [0.29, 0.717) is 16.8 Å². The number of benzene rings is 3. The number of imidazole rings is 1. The second kappa shape index (κ2) is 7.96. The minimum atomic E-state index is -0.303. The van der Waals surface area contributed by atoms with Crippen molar-refractivity contribution in [2.75, 3.05) is 5.32 Å². The third kappa shape index (κ3) is 3.34. The molecule has 6 heteroatoms. The van der Waals surface area contributed by atoms with Gasteiger partial charge in [-0.15, -0.1) is 0 Å². The zero-order valence-corrected chi connectivity index (χ0v) is 17.9. The molecule has 0 fully saturated rings. The van der Waals surface area contributed by atoms with Gasteiger partial charge in [0.05, 0.1) is 23.1 Å². The van der Waals surface area contributed by atoms with Crippen molar-refractivity contribution in [2.24, 2.45) is 0 Å². The molecule has 2 aromatic heterocycles. The highest BCUT2D eigenvalue weighted by molar-refractivity contribution is 6.17. The van der Waals surface area contributed by atoms with Crippen LogP contribution in [0.4, 0.5) is 10.1 Å². The molecule has 5 aromatic rings. The van der Waals surface area contributed by atoms with Crippen molar-refractivity contribution < 1.29 is 9.18 Å². The zero-order chi connectivity index (χ0) is 22.2. The molecule has 5 rings (SSSR count). The number of nitrogens with one attached hydrogen (secondary N) is 2. The lowest BCUT2D eigenvalue weighted by Crippen LogP contribution is -2.12. The number of aromatic nitrogens is 3. The van der Waals surface area contributed by atoms with Crippen molar-refractivity contribution in [3.63, 3.8) is 0 Å². The number of halogens is 1. The Morgan fingerprint density at radius 1 is 1.03 bits per heavy atom. The van der Waals surface area contributed by atoms with E-state index in [1.54, 1.807) is 12.1 Å². The molecule has 0 aliphatic heterocycles.